The number of rotatable bonds is 0. The zero-order valence-electron chi connectivity index (χ0n) is 8.38. The molecule has 0 amide bonds. The Kier molecular flexibility index (Phi) is 0.856. The third kappa shape index (κ3) is 0.602. The lowest BCUT2D eigenvalue weighted by Gasteiger charge is -2.24. The molecule has 70 valence electrons. The zero-order valence-corrected chi connectivity index (χ0v) is 8.38. The van der Waals surface area contributed by atoms with Crippen LogP contribution >= 0.6 is 0 Å². The highest BCUT2D eigenvalue weighted by Crippen LogP contribution is 2.64. The molecule has 2 aromatic carbocycles. The van der Waals surface area contributed by atoms with Gasteiger partial charge in [0, 0.05) is 5.92 Å². The first-order valence-corrected chi connectivity index (χ1v) is 5.70. The molecular formula is C15H10. The van der Waals surface area contributed by atoms with E-state index in [9.17, 15) is 0 Å². The average molecular weight is 190 g/mol. The minimum absolute atomic E-state index is 0.822. The smallest absolute Gasteiger partial charge is 0.0105 e. The first kappa shape index (κ1) is 6.84. The second-order valence-electron chi connectivity index (χ2n) is 4.98. The first-order valence-electron chi connectivity index (χ1n) is 5.70. The van der Waals surface area contributed by atoms with Gasteiger partial charge in [0.1, 0.15) is 0 Å². The zero-order chi connectivity index (χ0) is 9.57. The van der Waals surface area contributed by atoms with Gasteiger partial charge in [-0.25, -0.2) is 0 Å². The van der Waals surface area contributed by atoms with E-state index in [0.29, 0.717) is 0 Å². The van der Waals surface area contributed by atoms with Gasteiger partial charge < -0.3 is 0 Å². The quantitative estimate of drug-likeness (QED) is 0.594. The molecule has 0 heteroatoms. The first-order chi connectivity index (χ1) is 7.43. The van der Waals surface area contributed by atoms with Crippen LogP contribution in [0.15, 0.2) is 35.9 Å². The lowest BCUT2D eigenvalue weighted by molar-refractivity contribution is 1.11. The Balaban J connectivity index is 2.07. The van der Waals surface area contributed by atoms with Crippen LogP contribution in [0.4, 0.5) is 0 Å². The van der Waals surface area contributed by atoms with Gasteiger partial charge in [-0.15, -0.1) is 0 Å². The summed E-state index contributed by atoms with van der Waals surface area (Å²) in [5.41, 5.74) is 8.36. The van der Waals surface area contributed by atoms with Gasteiger partial charge in [-0.3, -0.25) is 0 Å². The molecule has 5 rings (SSSR count). The van der Waals surface area contributed by atoms with Crippen molar-refractivity contribution in [2.45, 2.75) is 18.8 Å². The lowest BCUT2D eigenvalue weighted by atomic mass is 9.79. The van der Waals surface area contributed by atoms with Gasteiger partial charge in [-0.2, -0.15) is 0 Å². The molecule has 0 saturated heterocycles. The topological polar surface area (TPSA) is 0 Å². The molecule has 0 bridgehead atoms. The highest BCUT2D eigenvalue weighted by atomic mass is 14.5. The molecule has 15 heavy (non-hydrogen) atoms. The summed E-state index contributed by atoms with van der Waals surface area (Å²) in [6.07, 6.45) is 2.61. The summed E-state index contributed by atoms with van der Waals surface area (Å²) < 4.78 is 0. The van der Waals surface area contributed by atoms with Gasteiger partial charge in [-0.1, -0.05) is 35.9 Å². The van der Waals surface area contributed by atoms with Crippen molar-refractivity contribution in [3.05, 3.63) is 52.6 Å². The highest BCUT2D eigenvalue weighted by Gasteiger charge is 2.47. The predicted octanol–water partition coefficient (Wildman–Crippen LogP) is 3.65. The van der Waals surface area contributed by atoms with Crippen LogP contribution in [0.1, 0.15) is 29.0 Å². The van der Waals surface area contributed by atoms with Crippen molar-refractivity contribution in [1.82, 2.24) is 0 Å². The summed E-state index contributed by atoms with van der Waals surface area (Å²) in [7, 11) is 0. The molecule has 1 saturated carbocycles. The van der Waals surface area contributed by atoms with Crippen molar-refractivity contribution >= 4 is 16.3 Å². The fraction of sp³-hybridized carbons (Fsp3) is 0.200. The Morgan fingerprint density at radius 1 is 1.13 bits per heavy atom. The lowest BCUT2D eigenvalue weighted by Crippen LogP contribution is -2.08. The Bertz CT molecular complexity index is 674. The maximum atomic E-state index is 2.39. The van der Waals surface area contributed by atoms with E-state index in [-0.39, 0.29) is 0 Å². The van der Waals surface area contributed by atoms with E-state index < -0.39 is 0 Å². The molecule has 0 radical (unpaired) electrons. The number of hydrogen-bond acceptors (Lipinski definition) is 0. The van der Waals surface area contributed by atoms with Crippen LogP contribution < -0.4 is 0 Å². The van der Waals surface area contributed by atoms with Gasteiger partial charge in [-0.05, 0) is 45.9 Å². The summed E-state index contributed by atoms with van der Waals surface area (Å²) >= 11 is 0. The minimum Gasteiger partial charge on any atom is -0.0616 e. The largest absolute Gasteiger partial charge is 0.0616 e. The molecule has 3 aliphatic carbocycles. The van der Waals surface area contributed by atoms with Crippen LogP contribution in [0.25, 0.3) is 16.3 Å². The Labute approximate surface area is 88.2 Å². The van der Waals surface area contributed by atoms with Crippen LogP contribution in [0.3, 0.4) is 0 Å². The monoisotopic (exact) mass is 190 g/mol. The van der Waals surface area contributed by atoms with E-state index in [1.54, 1.807) is 27.8 Å². The molecule has 0 nitrogen and oxygen atoms in total. The molecule has 3 aliphatic rings. The van der Waals surface area contributed by atoms with E-state index >= 15 is 0 Å². The molecule has 0 aliphatic heterocycles. The molecule has 1 unspecified atom stereocenters. The average Bonchev–Trinajstić information content (AvgIpc) is 2.95. The van der Waals surface area contributed by atoms with E-state index in [1.165, 1.54) is 23.6 Å². The molecule has 0 heterocycles. The molecular weight excluding hydrogens is 180 g/mol. The summed E-state index contributed by atoms with van der Waals surface area (Å²) in [4.78, 5) is 0. The Hall–Kier alpha value is -1.56. The van der Waals surface area contributed by atoms with Crippen molar-refractivity contribution in [2.24, 2.45) is 0 Å². The van der Waals surface area contributed by atoms with Crippen molar-refractivity contribution in [3.8, 4) is 0 Å². The van der Waals surface area contributed by atoms with Gasteiger partial charge in [0.15, 0.2) is 0 Å². The van der Waals surface area contributed by atoms with Crippen LogP contribution in [0, 0.1) is 0 Å². The maximum absolute atomic E-state index is 2.39. The second kappa shape index (κ2) is 1.88. The van der Waals surface area contributed by atoms with Crippen LogP contribution in [0.2, 0.25) is 0 Å². The standard InChI is InChI=1S/C15H10/c1-2-4-10-8(3-1)5-9-6-12-11-7-13(11)15(10)14(9)12/h1-5,13H,6-7H2. The number of fused-ring (bicyclic) bond motifs is 4. The molecule has 1 atom stereocenters. The van der Waals surface area contributed by atoms with Crippen molar-refractivity contribution in [1.29, 1.82) is 0 Å². The third-order valence-electron chi connectivity index (χ3n) is 4.26. The summed E-state index contributed by atoms with van der Waals surface area (Å²) in [6, 6.07) is 11.3. The van der Waals surface area contributed by atoms with Crippen molar-refractivity contribution in [2.75, 3.05) is 0 Å². The maximum Gasteiger partial charge on any atom is 0.0105 e. The SMILES string of the molecule is c1ccc2c3c4c(cc2c1)CC4=C1CC13. The van der Waals surface area contributed by atoms with Gasteiger partial charge in [0.05, 0.1) is 0 Å². The molecule has 2 aromatic rings. The van der Waals surface area contributed by atoms with Crippen LogP contribution in [-0.2, 0) is 6.42 Å². The van der Waals surface area contributed by atoms with E-state index in [4.69, 9.17) is 0 Å². The van der Waals surface area contributed by atoms with Crippen LogP contribution in [0.5, 0.6) is 0 Å². The number of benzene rings is 2. The number of allylic oxidation sites excluding steroid dienone is 2. The predicted molar refractivity (Wildman–Crippen MR) is 61.9 cm³/mol. The Morgan fingerprint density at radius 2 is 2.07 bits per heavy atom. The van der Waals surface area contributed by atoms with E-state index in [2.05, 4.69) is 30.3 Å². The van der Waals surface area contributed by atoms with Crippen molar-refractivity contribution < 1.29 is 0 Å². The fourth-order valence-electron chi connectivity index (χ4n) is 3.51. The highest BCUT2D eigenvalue weighted by molar-refractivity contribution is 6.03. The minimum atomic E-state index is 0.822. The fourth-order valence-corrected chi connectivity index (χ4v) is 3.51. The number of hydrogen-bond donors (Lipinski definition) is 0. The van der Waals surface area contributed by atoms with Gasteiger partial charge in [0.2, 0.25) is 0 Å². The molecule has 0 spiro atoms. The summed E-state index contributed by atoms with van der Waals surface area (Å²) in [6.45, 7) is 0. The normalized spacial score (nSPS) is 23.9. The van der Waals surface area contributed by atoms with E-state index in [0.717, 1.165) is 5.92 Å². The van der Waals surface area contributed by atoms with Crippen LogP contribution in [-0.4, -0.2) is 0 Å². The van der Waals surface area contributed by atoms with Crippen molar-refractivity contribution in [3.63, 3.8) is 0 Å². The Morgan fingerprint density at radius 3 is 3.07 bits per heavy atom. The van der Waals surface area contributed by atoms with Gasteiger partial charge in [0.25, 0.3) is 0 Å². The van der Waals surface area contributed by atoms with Gasteiger partial charge >= 0.3 is 0 Å². The van der Waals surface area contributed by atoms with E-state index in [1.807, 2.05) is 0 Å². The molecule has 0 N–H and O–H groups in total. The molecule has 0 aromatic heterocycles. The summed E-state index contributed by atoms with van der Waals surface area (Å²) in [5, 5.41) is 2.95. The third-order valence-corrected chi connectivity index (χ3v) is 4.26. The second-order valence-corrected chi connectivity index (χ2v) is 4.98. The summed E-state index contributed by atoms with van der Waals surface area (Å²) in [5.74, 6) is 0.822. The molecule has 1 fully saturated rings.